The lowest BCUT2D eigenvalue weighted by atomic mass is 9.87. The molecule has 4 rings (SSSR count). The first-order chi connectivity index (χ1) is 10.5. The Bertz CT molecular complexity index is 842. The van der Waals surface area contributed by atoms with Gasteiger partial charge in [-0.1, -0.05) is 12.1 Å². The summed E-state index contributed by atoms with van der Waals surface area (Å²) in [7, 11) is 0. The largest absolute Gasteiger partial charge is 0.389 e. The third kappa shape index (κ3) is 1.67. The second-order valence-corrected chi connectivity index (χ2v) is 5.19. The summed E-state index contributed by atoms with van der Waals surface area (Å²) in [5.41, 5.74) is 2.12. The Morgan fingerprint density at radius 3 is 2.50 bits per heavy atom. The maximum absolute atomic E-state index is 11.6. The van der Waals surface area contributed by atoms with E-state index in [1.165, 1.54) is 6.07 Å². The van der Waals surface area contributed by atoms with Gasteiger partial charge in [-0.25, -0.2) is 14.4 Å². The quantitative estimate of drug-likeness (QED) is 0.575. The van der Waals surface area contributed by atoms with E-state index in [4.69, 9.17) is 0 Å². The van der Waals surface area contributed by atoms with Gasteiger partial charge in [0.2, 0.25) is 0 Å². The Hall–Kier alpha value is -3.02. The number of rotatable bonds is 1. The van der Waals surface area contributed by atoms with Gasteiger partial charge < -0.3 is 9.47 Å². The third-order valence-electron chi connectivity index (χ3n) is 3.95. The van der Waals surface area contributed by atoms with Crippen LogP contribution in [0.4, 0.5) is 0 Å². The van der Waals surface area contributed by atoms with Crippen molar-refractivity contribution in [2.45, 2.75) is 6.42 Å². The molecule has 0 aromatic heterocycles. The summed E-state index contributed by atoms with van der Waals surface area (Å²) in [5, 5.41) is 0. The molecule has 1 saturated heterocycles. The highest BCUT2D eigenvalue weighted by Crippen LogP contribution is 2.35. The molecule has 2 heterocycles. The van der Waals surface area contributed by atoms with Gasteiger partial charge in [-0.2, -0.15) is 0 Å². The maximum atomic E-state index is 11.6. The maximum Gasteiger partial charge on any atom is 0.346 e. The molecule has 6 nitrogen and oxygen atoms in total. The molecule has 6 heteroatoms. The molecular weight excluding hydrogens is 288 g/mol. The topological polar surface area (TPSA) is 86.7 Å². The smallest absolute Gasteiger partial charge is 0.346 e. The minimum Gasteiger partial charge on any atom is -0.389 e. The van der Waals surface area contributed by atoms with Crippen molar-refractivity contribution in [3.05, 3.63) is 52.6 Å². The summed E-state index contributed by atoms with van der Waals surface area (Å²) in [5.74, 6) is -3.05. The molecule has 1 aliphatic carbocycles. The fourth-order valence-corrected chi connectivity index (χ4v) is 2.81. The first-order valence-corrected chi connectivity index (χ1v) is 6.63. The van der Waals surface area contributed by atoms with Crippen LogP contribution in [-0.2, 0) is 19.1 Å². The average molecular weight is 296 g/mol. The van der Waals surface area contributed by atoms with Gasteiger partial charge in [0, 0.05) is 0 Å². The summed E-state index contributed by atoms with van der Waals surface area (Å²) >= 11 is 0. The lowest BCUT2D eigenvalue weighted by Gasteiger charge is -2.13. The number of hydrogen-bond donors (Lipinski definition) is 0. The molecule has 2 aliphatic heterocycles. The Labute approximate surface area is 124 Å². The van der Waals surface area contributed by atoms with Gasteiger partial charge in [-0.05, 0) is 35.8 Å². The number of carbonyl (C=O) groups excluding carboxylic acids is 4. The number of hydrogen-bond acceptors (Lipinski definition) is 6. The van der Waals surface area contributed by atoms with Crippen molar-refractivity contribution in [2.75, 3.05) is 0 Å². The average Bonchev–Trinajstić information content (AvgIpc) is 2.96. The Kier molecular flexibility index (Phi) is 2.45. The van der Waals surface area contributed by atoms with Crippen LogP contribution in [0, 0.1) is 5.92 Å². The van der Waals surface area contributed by atoms with E-state index < -0.39 is 29.8 Å². The molecule has 0 bridgehead atoms. The van der Waals surface area contributed by atoms with Gasteiger partial charge >= 0.3 is 23.9 Å². The van der Waals surface area contributed by atoms with E-state index in [2.05, 4.69) is 9.47 Å². The molecule has 1 aromatic carbocycles. The number of ether oxygens (including phenoxy) is 2. The van der Waals surface area contributed by atoms with Crippen LogP contribution in [0.3, 0.4) is 0 Å². The van der Waals surface area contributed by atoms with E-state index in [0.717, 1.165) is 0 Å². The highest BCUT2D eigenvalue weighted by molar-refractivity contribution is 6.15. The molecule has 0 saturated carbocycles. The normalized spacial score (nSPS) is 22.6. The SMILES string of the molecule is O=C1OC(=O)C2CC=C(c3ccc4c(c3)C(=O)OC4=O)C=C12. The van der Waals surface area contributed by atoms with Crippen LogP contribution < -0.4 is 0 Å². The van der Waals surface area contributed by atoms with Crippen molar-refractivity contribution >= 4 is 29.5 Å². The summed E-state index contributed by atoms with van der Waals surface area (Å²) in [6.07, 6.45) is 3.76. The predicted octanol–water partition coefficient (Wildman–Crippen LogP) is 1.41. The zero-order valence-electron chi connectivity index (χ0n) is 11.1. The number of carbonyl (C=O) groups is 4. The summed E-state index contributed by atoms with van der Waals surface area (Å²) in [6.45, 7) is 0. The van der Waals surface area contributed by atoms with Gasteiger partial charge in [0.15, 0.2) is 0 Å². The molecule has 0 N–H and O–H groups in total. The van der Waals surface area contributed by atoms with Crippen LogP contribution in [0.1, 0.15) is 32.7 Å². The molecule has 1 atom stereocenters. The standard InChI is InChI=1S/C16H8O6/c17-13-9-3-1-7(5-11(9)15(19)21-13)8-2-4-10-12(6-8)16(20)22-14(10)18/h1-3,5-6,10H,4H2. The van der Waals surface area contributed by atoms with Crippen molar-refractivity contribution in [1.82, 2.24) is 0 Å². The van der Waals surface area contributed by atoms with Crippen LogP contribution in [-0.4, -0.2) is 23.9 Å². The first kappa shape index (κ1) is 12.7. The highest BCUT2D eigenvalue weighted by Gasteiger charge is 2.40. The number of esters is 4. The minimum absolute atomic E-state index is 0.203. The molecule has 0 spiro atoms. The molecule has 22 heavy (non-hydrogen) atoms. The van der Waals surface area contributed by atoms with E-state index in [1.807, 2.05) is 0 Å². The second kappa shape index (κ2) is 4.24. The molecule has 108 valence electrons. The predicted molar refractivity (Wildman–Crippen MR) is 71.5 cm³/mol. The van der Waals surface area contributed by atoms with Crippen molar-refractivity contribution in [2.24, 2.45) is 5.92 Å². The van der Waals surface area contributed by atoms with Crippen LogP contribution in [0.15, 0.2) is 35.9 Å². The highest BCUT2D eigenvalue weighted by atomic mass is 16.6. The van der Waals surface area contributed by atoms with Gasteiger partial charge in [-0.15, -0.1) is 0 Å². The number of cyclic esters (lactones) is 4. The van der Waals surface area contributed by atoms with Crippen LogP contribution in [0.2, 0.25) is 0 Å². The number of benzene rings is 1. The van der Waals surface area contributed by atoms with Gasteiger partial charge in [0.1, 0.15) is 0 Å². The fourth-order valence-electron chi connectivity index (χ4n) is 2.81. The van der Waals surface area contributed by atoms with E-state index >= 15 is 0 Å². The Morgan fingerprint density at radius 1 is 0.909 bits per heavy atom. The fraction of sp³-hybridized carbons (Fsp3) is 0.125. The van der Waals surface area contributed by atoms with Gasteiger partial charge in [0.05, 0.1) is 22.6 Å². The molecule has 3 aliphatic rings. The van der Waals surface area contributed by atoms with Gasteiger partial charge in [-0.3, -0.25) is 4.79 Å². The van der Waals surface area contributed by atoms with Crippen molar-refractivity contribution in [1.29, 1.82) is 0 Å². The minimum atomic E-state index is -0.681. The molecule has 1 unspecified atom stereocenters. The monoisotopic (exact) mass is 296 g/mol. The van der Waals surface area contributed by atoms with Crippen LogP contribution in [0.5, 0.6) is 0 Å². The summed E-state index contributed by atoms with van der Waals surface area (Å²) in [6, 6.07) is 4.74. The van der Waals surface area contributed by atoms with E-state index in [-0.39, 0.29) is 11.1 Å². The van der Waals surface area contributed by atoms with E-state index in [0.29, 0.717) is 23.1 Å². The summed E-state index contributed by atoms with van der Waals surface area (Å²) < 4.78 is 9.14. The molecular formula is C16H8O6. The van der Waals surface area contributed by atoms with Crippen LogP contribution >= 0.6 is 0 Å². The lowest BCUT2D eigenvalue weighted by molar-refractivity contribution is -0.152. The van der Waals surface area contributed by atoms with E-state index in [9.17, 15) is 19.2 Å². The second-order valence-electron chi connectivity index (χ2n) is 5.19. The van der Waals surface area contributed by atoms with Crippen LogP contribution in [0.25, 0.3) is 5.57 Å². The Balaban J connectivity index is 1.76. The lowest BCUT2D eigenvalue weighted by Crippen LogP contribution is -2.11. The Morgan fingerprint density at radius 2 is 1.68 bits per heavy atom. The van der Waals surface area contributed by atoms with E-state index in [1.54, 1.807) is 24.3 Å². The zero-order valence-corrected chi connectivity index (χ0v) is 11.1. The van der Waals surface area contributed by atoms with Gasteiger partial charge in [0.25, 0.3) is 0 Å². The third-order valence-corrected chi connectivity index (χ3v) is 3.95. The zero-order chi connectivity index (χ0) is 15.4. The van der Waals surface area contributed by atoms with Crippen molar-refractivity contribution in [3.63, 3.8) is 0 Å². The molecule has 1 aromatic rings. The number of allylic oxidation sites excluding steroid dienone is 3. The van der Waals surface area contributed by atoms with Crippen molar-refractivity contribution in [3.8, 4) is 0 Å². The molecule has 0 amide bonds. The summed E-state index contributed by atoms with van der Waals surface area (Å²) in [4.78, 5) is 46.1. The molecule has 1 fully saturated rings. The first-order valence-electron chi connectivity index (χ1n) is 6.63. The van der Waals surface area contributed by atoms with Crippen molar-refractivity contribution < 1.29 is 28.7 Å². The molecule has 0 radical (unpaired) electrons. The number of fused-ring (bicyclic) bond motifs is 2.